The number of nitro benzene ring substituents is 1. The second kappa shape index (κ2) is 9.17. The number of hydrogen-bond acceptors (Lipinski definition) is 2. The molecule has 3 aromatic carbocycles. The van der Waals surface area contributed by atoms with E-state index >= 15 is 0 Å². The number of rotatable bonds is 6. The number of nitro groups is 1. The maximum absolute atomic E-state index is 11.0. The summed E-state index contributed by atoms with van der Waals surface area (Å²) in [4.78, 5) is 12.4. The van der Waals surface area contributed by atoms with Crippen LogP contribution in [0.1, 0.15) is 11.1 Å². The molecule has 3 aromatic rings. The van der Waals surface area contributed by atoms with Gasteiger partial charge in [-0.15, -0.1) is 0 Å². The number of halogens is 1. The van der Waals surface area contributed by atoms with Gasteiger partial charge < -0.3 is 0 Å². The molecule has 6 heteroatoms. The lowest BCUT2D eigenvalue weighted by Crippen LogP contribution is -2.24. The summed E-state index contributed by atoms with van der Waals surface area (Å²) >= 11 is 6.98. The number of hydrogen-bond donors (Lipinski definition) is 0. The number of anilines is 1. The van der Waals surface area contributed by atoms with E-state index in [1.54, 1.807) is 12.1 Å². The van der Waals surface area contributed by atoms with E-state index < -0.39 is 4.92 Å². The highest BCUT2D eigenvalue weighted by atomic mass is 35.5. The Bertz CT molecular complexity index is 1000. The van der Waals surface area contributed by atoms with Gasteiger partial charge in [-0.05, 0) is 34.9 Å². The van der Waals surface area contributed by atoms with Crippen LogP contribution in [0, 0.1) is 10.1 Å². The van der Waals surface area contributed by atoms with E-state index in [1.165, 1.54) is 12.1 Å². The normalized spacial score (nSPS) is 10.2. The highest BCUT2D eigenvalue weighted by Crippen LogP contribution is 2.33. The number of non-ortho nitro benzene ring substituents is 1. The van der Waals surface area contributed by atoms with Crippen LogP contribution in [0.15, 0.2) is 90.1 Å². The van der Waals surface area contributed by atoms with Crippen molar-refractivity contribution in [2.24, 2.45) is 0 Å². The first kappa shape index (κ1) is 20.3. The van der Waals surface area contributed by atoms with Crippen molar-refractivity contribution in [3.8, 4) is 0 Å². The molecule has 146 valence electrons. The van der Waals surface area contributed by atoms with Crippen LogP contribution in [-0.2, 0) is 0 Å². The lowest BCUT2D eigenvalue weighted by atomic mass is 9.98. The number of nitrogens with zero attached hydrogens (tertiary/aromatic N) is 3. The van der Waals surface area contributed by atoms with E-state index in [0.717, 1.165) is 22.4 Å². The molecule has 0 unspecified atom stereocenters. The van der Waals surface area contributed by atoms with Crippen molar-refractivity contribution in [3.63, 3.8) is 0 Å². The van der Waals surface area contributed by atoms with Gasteiger partial charge in [0.05, 0.1) is 19.0 Å². The van der Waals surface area contributed by atoms with Crippen LogP contribution in [0.2, 0.25) is 0 Å². The molecule has 29 heavy (non-hydrogen) atoms. The Morgan fingerprint density at radius 2 is 1.34 bits per heavy atom. The van der Waals surface area contributed by atoms with Crippen molar-refractivity contribution in [2.45, 2.75) is 0 Å². The summed E-state index contributed by atoms with van der Waals surface area (Å²) in [7, 11) is 3.79. The Labute approximate surface area is 175 Å². The minimum atomic E-state index is -0.416. The second-order valence-electron chi connectivity index (χ2n) is 6.62. The predicted molar refractivity (Wildman–Crippen MR) is 119 cm³/mol. The third kappa shape index (κ3) is 4.89. The van der Waals surface area contributed by atoms with Crippen molar-refractivity contribution >= 4 is 34.9 Å². The second-order valence-corrected chi connectivity index (χ2v) is 6.98. The van der Waals surface area contributed by atoms with Crippen molar-refractivity contribution in [1.82, 2.24) is 0 Å². The van der Waals surface area contributed by atoms with E-state index in [0.29, 0.717) is 5.16 Å². The molecule has 0 fully saturated rings. The van der Waals surface area contributed by atoms with Gasteiger partial charge in [-0.1, -0.05) is 60.7 Å². The van der Waals surface area contributed by atoms with Crippen LogP contribution in [0.25, 0.3) is 5.57 Å². The summed E-state index contributed by atoms with van der Waals surface area (Å²) in [6.07, 6.45) is 1.84. The Kier molecular flexibility index (Phi) is 6.42. The van der Waals surface area contributed by atoms with Gasteiger partial charge in [-0.2, -0.15) is 4.90 Å². The molecule has 0 N–H and O–H groups in total. The molecule has 0 atom stereocenters. The van der Waals surface area contributed by atoms with Crippen molar-refractivity contribution in [1.29, 1.82) is 0 Å². The van der Waals surface area contributed by atoms with Crippen LogP contribution in [-0.4, -0.2) is 29.9 Å². The summed E-state index contributed by atoms with van der Waals surface area (Å²) in [5, 5.41) is 11.5. The Balaban J connectivity index is 2.21. The van der Waals surface area contributed by atoms with Crippen LogP contribution in [0.4, 0.5) is 11.4 Å². The first-order valence-corrected chi connectivity index (χ1v) is 9.41. The fraction of sp³-hybridized carbons (Fsp3) is 0.0870. The van der Waals surface area contributed by atoms with Crippen molar-refractivity contribution in [2.75, 3.05) is 19.0 Å². The zero-order valence-electron chi connectivity index (χ0n) is 16.2. The summed E-state index contributed by atoms with van der Waals surface area (Å²) in [5.74, 6) is 0. The SMILES string of the molecule is C[N+](C)=CN(C(Cl)=C(c1ccccc1)c1ccccc1)c1ccc([N+](=O)[O-])cc1. The highest BCUT2D eigenvalue weighted by Gasteiger charge is 2.23. The zero-order valence-corrected chi connectivity index (χ0v) is 17.0. The van der Waals surface area contributed by atoms with Crippen LogP contribution in [0.3, 0.4) is 0 Å². The molecule has 0 aromatic heterocycles. The van der Waals surface area contributed by atoms with Crippen molar-refractivity contribution < 1.29 is 9.50 Å². The van der Waals surface area contributed by atoms with E-state index in [-0.39, 0.29) is 5.69 Å². The molecule has 5 nitrogen and oxygen atoms in total. The molecule has 0 amide bonds. The summed E-state index contributed by atoms with van der Waals surface area (Å²) in [5.41, 5.74) is 3.57. The maximum atomic E-state index is 11.0. The van der Waals surface area contributed by atoms with E-state index in [1.807, 2.05) is 90.6 Å². The standard InChI is InChI=1S/C23H21ClN3O2/c1-25(2)17-26(20-13-15-21(16-14-20)27(28)29)23(24)22(18-9-5-3-6-10-18)19-11-7-4-8-12-19/h3-17H,1-2H3/q+1. The van der Waals surface area contributed by atoms with Gasteiger partial charge in [-0.3, -0.25) is 14.7 Å². The van der Waals surface area contributed by atoms with Crippen LogP contribution >= 0.6 is 11.6 Å². The molecule has 0 spiro atoms. The lowest BCUT2D eigenvalue weighted by Gasteiger charge is -2.17. The van der Waals surface area contributed by atoms with E-state index in [4.69, 9.17) is 11.6 Å². The van der Waals surface area contributed by atoms with Gasteiger partial charge in [0, 0.05) is 17.7 Å². The Morgan fingerprint density at radius 3 is 1.76 bits per heavy atom. The molecule has 0 saturated carbocycles. The van der Waals surface area contributed by atoms with Gasteiger partial charge >= 0.3 is 0 Å². The highest BCUT2D eigenvalue weighted by molar-refractivity contribution is 6.36. The third-order valence-corrected chi connectivity index (χ3v) is 4.60. The van der Waals surface area contributed by atoms with Gasteiger partial charge in [0.1, 0.15) is 5.69 Å². The largest absolute Gasteiger partial charge is 0.273 e. The van der Waals surface area contributed by atoms with Crippen LogP contribution < -0.4 is 4.90 Å². The quantitative estimate of drug-likeness (QED) is 0.138. The van der Waals surface area contributed by atoms with E-state index in [2.05, 4.69) is 0 Å². The summed E-state index contributed by atoms with van der Waals surface area (Å²) in [6, 6.07) is 26.1. The molecule has 0 aliphatic carbocycles. The van der Waals surface area contributed by atoms with Gasteiger partial charge in [0.15, 0.2) is 0 Å². The molecule has 0 heterocycles. The molecule has 0 aliphatic rings. The molecule has 0 aliphatic heterocycles. The molecular weight excluding hydrogens is 386 g/mol. The van der Waals surface area contributed by atoms with Gasteiger partial charge in [-0.25, -0.2) is 0 Å². The Hall–Kier alpha value is -3.44. The lowest BCUT2D eigenvalue weighted by molar-refractivity contribution is -0.460. The maximum Gasteiger partial charge on any atom is 0.269 e. The fourth-order valence-corrected chi connectivity index (χ4v) is 3.29. The molecule has 0 radical (unpaired) electrons. The molecule has 3 rings (SSSR count). The smallest absolute Gasteiger partial charge is 0.269 e. The van der Waals surface area contributed by atoms with Gasteiger partial charge in [0.2, 0.25) is 11.5 Å². The third-order valence-electron chi connectivity index (χ3n) is 4.23. The summed E-state index contributed by atoms with van der Waals surface area (Å²) < 4.78 is 1.87. The minimum absolute atomic E-state index is 0.0324. The van der Waals surface area contributed by atoms with Crippen LogP contribution in [0.5, 0.6) is 0 Å². The minimum Gasteiger partial charge on any atom is -0.273 e. The predicted octanol–water partition coefficient (Wildman–Crippen LogP) is 5.36. The monoisotopic (exact) mass is 406 g/mol. The van der Waals surface area contributed by atoms with E-state index in [9.17, 15) is 10.1 Å². The van der Waals surface area contributed by atoms with Gasteiger partial charge in [0.25, 0.3) is 5.69 Å². The Morgan fingerprint density at radius 1 is 0.862 bits per heavy atom. The average Bonchev–Trinajstić information content (AvgIpc) is 2.73. The first-order chi connectivity index (χ1) is 14.0. The van der Waals surface area contributed by atoms with Crippen molar-refractivity contribution in [3.05, 3.63) is 111 Å². The topological polar surface area (TPSA) is 49.4 Å². The number of benzene rings is 3. The molecular formula is C23H21ClN3O2+. The fourth-order valence-electron chi connectivity index (χ4n) is 2.93. The molecule has 0 bridgehead atoms. The zero-order chi connectivity index (χ0) is 20.8. The average molecular weight is 407 g/mol. The first-order valence-electron chi connectivity index (χ1n) is 9.03. The summed E-state index contributed by atoms with van der Waals surface area (Å²) in [6.45, 7) is 0. The molecule has 0 saturated heterocycles.